The first-order chi connectivity index (χ1) is 8.69. The Morgan fingerprint density at radius 3 is 2.89 bits per heavy atom. The molecule has 1 aromatic carbocycles. The molecule has 102 valence electrons. The summed E-state index contributed by atoms with van der Waals surface area (Å²) in [5, 5.41) is 3.65. The van der Waals surface area contributed by atoms with Crippen molar-refractivity contribution in [2.45, 2.75) is 32.2 Å². The summed E-state index contributed by atoms with van der Waals surface area (Å²) in [6.45, 7) is 3.75. The minimum atomic E-state index is -0.348. The van der Waals surface area contributed by atoms with Gasteiger partial charge in [0.2, 0.25) is 0 Å². The van der Waals surface area contributed by atoms with E-state index in [4.69, 9.17) is 16.3 Å². The Labute approximate surface area is 113 Å². The second-order valence-corrected chi connectivity index (χ2v) is 4.74. The largest absolute Gasteiger partial charge is 0.383 e. The minimum absolute atomic E-state index is 0.240. The van der Waals surface area contributed by atoms with Gasteiger partial charge in [-0.1, -0.05) is 30.7 Å². The third kappa shape index (κ3) is 4.92. The van der Waals surface area contributed by atoms with Gasteiger partial charge in [0.25, 0.3) is 0 Å². The molecule has 1 N–H and O–H groups in total. The Hall–Kier alpha value is -0.640. The summed E-state index contributed by atoms with van der Waals surface area (Å²) < 4.78 is 18.5. The van der Waals surface area contributed by atoms with Crippen LogP contribution in [0.2, 0.25) is 5.02 Å². The first-order valence-corrected chi connectivity index (χ1v) is 6.72. The average Bonchev–Trinajstić information content (AvgIpc) is 2.37. The fourth-order valence-corrected chi connectivity index (χ4v) is 2.09. The monoisotopic (exact) mass is 273 g/mol. The summed E-state index contributed by atoms with van der Waals surface area (Å²) in [5.41, 5.74) is 0.857. The van der Waals surface area contributed by atoms with E-state index in [-0.39, 0.29) is 16.9 Å². The number of nitrogens with one attached hydrogen (secondary N) is 1. The maximum absolute atomic E-state index is 13.3. The molecular weight excluding hydrogens is 253 g/mol. The van der Waals surface area contributed by atoms with Crippen LogP contribution >= 0.6 is 11.6 Å². The zero-order chi connectivity index (χ0) is 13.4. The van der Waals surface area contributed by atoms with Crippen LogP contribution in [0.15, 0.2) is 18.2 Å². The predicted molar refractivity (Wildman–Crippen MR) is 73.7 cm³/mol. The van der Waals surface area contributed by atoms with Gasteiger partial charge in [-0.25, -0.2) is 4.39 Å². The fraction of sp³-hybridized carbons (Fsp3) is 0.571. The van der Waals surface area contributed by atoms with Crippen molar-refractivity contribution in [3.05, 3.63) is 34.6 Å². The highest BCUT2D eigenvalue weighted by Gasteiger charge is 2.10. The lowest BCUT2D eigenvalue weighted by molar-refractivity contribution is 0.162. The van der Waals surface area contributed by atoms with Crippen molar-refractivity contribution in [2.24, 2.45) is 0 Å². The smallest absolute Gasteiger partial charge is 0.142 e. The first-order valence-electron chi connectivity index (χ1n) is 6.34. The zero-order valence-electron chi connectivity index (χ0n) is 11.0. The molecule has 1 rings (SSSR count). The van der Waals surface area contributed by atoms with Crippen LogP contribution in [0.5, 0.6) is 0 Å². The molecule has 0 aliphatic heterocycles. The Morgan fingerprint density at radius 2 is 2.22 bits per heavy atom. The summed E-state index contributed by atoms with van der Waals surface area (Å²) in [6.07, 6.45) is 2.72. The maximum atomic E-state index is 13.3. The second-order valence-electron chi connectivity index (χ2n) is 4.36. The van der Waals surface area contributed by atoms with Crippen molar-refractivity contribution in [2.75, 3.05) is 20.3 Å². The van der Waals surface area contributed by atoms with Crippen LogP contribution in [0.1, 0.15) is 25.3 Å². The van der Waals surface area contributed by atoms with Crippen molar-refractivity contribution in [1.82, 2.24) is 5.32 Å². The van der Waals surface area contributed by atoms with Crippen molar-refractivity contribution < 1.29 is 9.13 Å². The lowest BCUT2D eigenvalue weighted by Crippen LogP contribution is -2.34. The number of hydrogen-bond donors (Lipinski definition) is 1. The summed E-state index contributed by atoms with van der Waals surface area (Å²) in [7, 11) is 1.69. The molecule has 0 bridgehead atoms. The van der Waals surface area contributed by atoms with Gasteiger partial charge >= 0.3 is 0 Å². The molecule has 1 atom stereocenters. The summed E-state index contributed by atoms with van der Waals surface area (Å²) in [6, 6.07) is 5.24. The second kappa shape index (κ2) is 8.46. The van der Waals surface area contributed by atoms with Gasteiger partial charge in [0.15, 0.2) is 0 Å². The maximum Gasteiger partial charge on any atom is 0.142 e. The van der Waals surface area contributed by atoms with Gasteiger partial charge in [0.1, 0.15) is 5.82 Å². The normalized spacial score (nSPS) is 12.7. The molecule has 0 amide bonds. The number of methoxy groups -OCH3 is 1. The number of halogens is 2. The standard InChI is InChI=1S/C14H21ClFNO/c1-3-9-17-12(10-18-2)8-7-11-5-4-6-13(16)14(11)15/h4-6,12,17H,3,7-10H2,1-2H3. The van der Waals surface area contributed by atoms with Gasteiger partial charge in [-0.15, -0.1) is 0 Å². The quantitative estimate of drug-likeness (QED) is 0.784. The van der Waals surface area contributed by atoms with Crippen molar-refractivity contribution in [3.8, 4) is 0 Å². The van der Waals surface area contributed by atoms with E-state index in [0.717, 1.165) is 31.4 Å². The number of aryl methyl sites for hydroxylation is 1. The van der Waals surface area contributed by atoms with Gasteiger partial charge in [-0.3, -0.25) is 0 Å². The van der Waals surface area contributed by atoms with E-state index in [1.54, 1.807) is 13.2 Å². The number of hydrogen-bond acceptors (Lipinski definition) is 2. The van der Waals surface area contributed by atoms with Crippen LogP contribution in [-0.2, 0) is 11.2 Å². The van der Waals surface area contributed by atoms with Crippen LogP contribution in [0.3, 0.4) is 0 Å². The zero-order valence-corrected chi connectivity index (χ0v) is 11.8. The van der Waals surface area contributed by atoms with Crippen LogP contribution in [0.25, 0.3) is 0 Å². The van der Waals surface area contributed by atoms with Crippen LogP contribution < -0.4 is 5.32 Å². The summed E-state index contributed by atoms with van der Waals surface area (Å²) in [4.78, 5) is 0. The van der Waals surface area contributed by atoms with E-state index in [9.17, 15) is 4.39 Å². The van der Waals surface area contributed by atoms with E-state index in [1.165, 1.54) is 6.07 Å². The summed E-state index contributed by atoms with van der Waals surface area (Å²) >= 11 is 5.93. The molecule has 0 saturated heterocycles. The van der Waals surface area contributed by atoms with Crippen LogP contribution in [-0.4, -0.2) is 26.3 Å². The Kier molecular flexibility index (Phi) is 7.25. The highest BCUT2D eigenvalue weighted by molar-refractivity contribution is 6.31. The van der Waals surface area contributed by atoms with E-state index >= 15 is 0 Å². The molecule has 1 unspecified atom stereocenters. The number of rotatable bonds is 8. The average molecular weight is 274 g/mol. The number of ether oxygens (including phenoxy) is 1. The molecule has 0 spiro atoms. The molecule has 0 aliphatic rings. The topological polar surface area (TPSA) is 21.3 Å². The van der Waals surface area contributed by atoms with E-state index < -0.39 is 0 Å². The molecular formula is C14H21ClFNO. The van der Waals surface area contributed by atoms with Crippen LogP contribution in [0, 0.1) is 5.82 Å². The van der Waals surface area contributed by atoms with Gasteiger partial charge in [0, 0.05) is 13.2 Å². The predicted octanol–water partition coefficient (Wildman–Crippen LogP) is 3.43. The van der Waals surface area contributed by atoms with E-state index in [1.807, 2.05) is 6.07 Å². The van der Waals surface area contributed by atoms with E-state index in [2.05, 4.69) is 12.2 Å². The highest BCUT2D eigenvalue weighted by atomic mass is 35.5. The molecule has 18 heavy (non-hydrogen) atoms. The van der Waals surface area contributed by atoms with Gasteiger partial charge in [-0.2, -0.15) is 0 Å². The highest BCUT2D eigenvalue weighted by Crippen LogP contribution is 2.21. The minimum Gasteiger partial charge on any atom is -0.383 e. The molecule has 0 radical (unpaired) electrons. The lowest BCUT2D eigenvalue weighted by Gasteiger charge is -2.17. The van der Waals surface area contributed by atoms with Crippen molar-refractivity contribution in [3.63, 3.8) is 0 Å². The van der Waals surface area contributed by atoms with Gasteiger partial charge < -0.3 is 10.1 Å². The molecule has 1 aromatic rings. The van der Waals surface area contributed by atoms with Crippen molar-refractivity contribution >= 4 is 11.6 Å². The van der Waals surface area contributed by atoms with Gasteiger partial charge in [0.05, 0.1) is 11.6 Å². The van der Waals surface area contributed by atoms with Crippen LogP contribution in [0.4, 0.5) is 4.39 Å². The first kappa shape index (κ1) is 15.4. The van der Waals surface area contributed by atoms with E-state index in [0.29, 0.717) is 6.61 Å². The Balaban J connectivity index is 2.52. The molecule has 0 aliphatic carbocycles. The third-order valence-electron chi connectivity index (χ3n) is 2.84. The SMILES string of the molecule is CCCNC(CCc1cccc(F)c1Cl)COC. The Morgan fingerprint density at radius 1 is 1.44 bits per heavy atom. The summed E-state index contributed by atoms with van der Waals surface area (Å²) in [5.74, 6) is -0.348. The van der Waals surface area contributed by atoms with Gasteiger partial charge in [-0.05, 0) is 37.4 Å². The molecule has 4 heteroatoms. The molecule has 0 heterocycles. The third-order valence-corrected chi connectivity index (χ3v) is 3.27. The van der Waals surface area contributed by atoms with Crippen molar-refractivity contribution in [1.29, 1.82) is 0 Å². The molecule has 0 fully saturated rings. The fourth-order valence-electron chi connectivity index (χ4n) is 1.87. The number of benzene rings is 1. The molecule has 0 aromatic heterocycles. The Bertz CT molecular complexity index is 360. The molecule has 2 nitrogen and oxygen atoms in total. The lowest BCUT2D eigenvalue weighted by atomic mass is 10.1. The molecule has 0 saturated carbocycles.